The first-order valence-corrected chi connectivity index (χ1v) is 11.6. The van der Waals surface area contributed by atoms with Crippen LogP contribution in [0.1, 0.15) is 57.9 Å². The van der Waals surface area contributed by atoms with E-state index in [0.717, 1.165) is 48.9 Å². The molecule has 2 saturated carbocycles. The lowest BCUT2D eigenvalue weighted by atomic mass is 9.90. The Balaban J connectivity index is 1.29. The van der Waals surface area contributed by atoms with Gasteiger partial charge < -0.3 is 26.0 Å². The van der Waals surface area contributed by atoms with E-state index in [9.17, 15) is 0 Å². The van der Waals surface area contributed by atoms with Crippen molar-refractivity contribution in [1.82, 2.24) is 26.1 Å². The Morgan fingerprint density at radius 1 is 1.23 bits per heavy atom. The molecule has 8 nitrogen and oxygen atoms in total. The van der Waals surface area contributed by atoms with Crippen molar-refractivity contribution in [3.8, 4) is 0 Å². The molecule has 0 bridgehead atoms. The Bertz CT molecular complexity index is 797. The normalized spacial score (nSPS) is 25.6. The summed E-state index contributed by atoms with van der Waals surface area (Å²) >= 11 is 0. The summed E-state index contributed by atoms with van der Waals surface area (Å²) in [5.41, 5.74) is 2.50. The minimum absolute atomic E-state index is 0.402. The van der Waals surface area contributed by atoms with Gasteiger partial charge in [-0.3, -0.25) is 0 Å². The smallest absolute Gasteiger partial charge is 0.149 e. The van der Waals surface area contributed by atoms with E-state index in [1.807, 2.05) is 6.20 Å². The van der Waals surface area contributed by atoms with Crippen molar-refractivity contribution >= 4 is 17.4 Å². The van der Waals surface area contributed by atoms with Gasteiger partial charge in [0, 0.05) is 49.1 Å². The first kappa shape index (κ1) is 22.0. The molecule has 0 radical (unpaired) electrons. The number of methoxy groups -OCH3 is 1. The third-order valence-electron chi connectivity index (χ3n) is 6.58. The molecule has 1 aliphatic heterocycles. The van der Waals surface area contributed by atoms with E-state index in [2.05, 4.69) is 62.4 Å². The number of ether oxygens (including phenoxy) is 1. The summed E-state index contributed by atoms with van der Waals surface area (Å²) in [4.78, 5) is 4.62. The maximum atomic E-state index is 5.24. The first-order chi connectivity index (χ1) is 15.0. The predicted octanol–water partition coefficient (Wildman–Crippen LogP) is 2.51. The van der Waals surface area contributed by atoms with Gasteiger partial charge in [-0.25, -0.2) is 4.99 Å². The van der Waals surface area contributed by atoms with Crippen molar-refractivity contribution in [2.75, 3.05) is 32.2 Å². The molecule has 4 N–H and O–H groups in total. The van der Waals surface area contributed by atoms with E-state index in [4.69, 9.17) is 4.74 Å². The Kier molecular flexibility index (Phi) is 7.07. The molecule has 0 aromatic carbocycles. The van der Waals surface area contributed by atoms with Crippen LogP contribution in [-0.2, 0) is 4.74 Å². The molecule has 1 atom stereocenters. The minimum Gasteiger partial charge on any atom is -0.383 e. The molecule has 0 unspecified atom stereocenters. The van der Waals surface area contributed by atoms with Crippen molar-refractivity contribution in [3.63, 3.8) is 0 Å². The lowest BCUT2D eigenvalue weighted by Crippen LogP contribution is -2.45. The van der Waals surface area contributed by atoms with Crippen LogP contribution >= 0.6 is 0 Å². The van der Waals surface area contributed by atoms with Gasteiger partial charge in [-0.15, -0.1) is 5.10 Å². The standard InChI is InChI=1S/C23H37N7O/c1-16(13-31-3)28-18-4-6-19(7-5-18)29-21-11-20(25-15-26-21)17-10-22(30-27-12-17)24-14-23(2)8-9-23/h10-12,16,18-19,25,28H,4-9,13-15H2,1-3H3,(H,24,30)(H,26,29)/t16-,18?,19?/m1/s1. The summed E-state index contributed by atoms with van der Waals surface area (Å²) < 4.78 is 5.24. The van der Waals surface area contributed by atoms with Crippen LogP contribution in [-0.4, -0.2) is 61.1 Å². The number of rotatable bonds is 9. The highest BCUT2D eigenvalue weighted by Crippen LogP contribution is 2.44. The van der Waals surface area contributed by atoms with Gasteiger partial charge in [0.15, 0.2) is 0 Å². The zero-order valence-electron chi connectivity index (χ0n) is 19.1. The third-order valence-corrected chi connectivity index (χ3v) is 6.58. The molecule has 2 aliphatic carbocycles. The molecule has 1 aromatic rings. The Morgan fingerprint density at radius 2 is 2.00 bits per heavy atom. The van der Waals surface area contributed by atoms with Gasteiger partial charge in [-0.05, 0) is 56.9 Å². The van der Waals surface area contributed by atoms with Crippen LogP contribution in [0.25, 0.3) is 5.70 Å². The molecule has 2 heterocycles. The number of hydrogen-bond donors (Lipinski definition) is 4. The van der Waals surface area contributed by atoms with E-state index in [1.165, 1.54) is 25.7 Å². The number of anilines is 1. The lowest BCUT2D eigenvalue weighted by Gasteiger charge is -2.32. The van der Waals surface area contributed by atoms with Crippen LogP contribution < -0.4 is 21.3 Å². The Labute approximate surface area is 185 Å². The van der Waals surface area contributed by atoms with Crippen LogP contribution in [0.2, 0.25) is 0 Å². The number of hydrogen-bond acceptors (Lipinski definition) is 8. The molecule has 0 spiro atoms. The second-order valence-corrected chi connectivity index (χ2v) is 9.65. The van der Waals surface area contributed by atoms with Crippen LogP contribution in [0, 0.1) is 5.41 Å². The summed E-state index contributed by atoms with van der Waals surface area (Å²) in [5, 5.41) is 22.6. The number of amidine groups is 1. The fourth-order valence-corrected chi connectivity index (χ4v) is 4.32. The second kappa shape index (κ2) is 9.96. The van der Waals surface area contributed by atoms with E-state index >= 15 is 0 Å². The SMILES string of the molecule is COC[C@@H](C)NC1CCC(NC2=NCNC(c3cnnc(NCC4(C)CC4)c3)=C2)CC1. The highest BCUT2D eigenvalue weighted by atomic mass is 16.5. The molecule has 3 aliphatic rings. The molecule has 8 heteroatoms. The predicted molar refractivity (Wildman–Crippen MR) is 125 cm³/mol. The number of nitrogens with one attached hydrogen (secondary N) is 4. The van der Waals surface area contributed by atoms with E-state index in [-0.39, 0.29) is 0 Å². The van der Waals surface area contributed by atoms with E-state index in [0.29, 0.717) is 30.2 Å². The third kappa shape index (κ3) is 6.40. The summed E-state index contributed by atoms with van der Waals surface area (Å²) in [6, 6.07) is 3.52. The van der Waals surface area contributed by atoms with Gasteiger partial charge in [-0.1, -0.05) is 6.92 Å². The molecule has 0 amide bonds. The van der Waals surface area contributed by atoms with Gasteiger partial charge >= 0.3 is 0 Å². The zero-order chi connectivity index (χ0) is 21.7. The number of nitrogens with zero attached hydrogens (tertiary/aromatic N) is 3. The van der Waals surface area contributed by atoms with Crippen LogP contribution in [0.3, 0.4) is 0 Å². The summed E-state index contributed by atoms with van der Waals surface area (Å²) in [7, 11) is 1.76. The van der Waals surface area contributed by atoms with Gasteiger partial charge in [-0.2, -0.15) is 5.10 Å². The van der Waals surface area contributed by atoms with E-state index < -0.39 is 0 Å². The largest absolute Gasteiger partial charge is 0.383 e. The number of aromatic nitrogens is 2. The van der Waals surface area contributed by atoms with Crippen LogP contribution in [0.4, 0.5) is 5.82 Å². The van der Waals surface area contributed by atoms with Crippen molar-refractivity contribution in [3.05, 3.63) is 23.9 Å². The molecular formula is C23H37N7O. The lowest BCUT2D eigenvalue weighted by molar-refractivity contribution is 0.160. The second-order valence-electron chi connectivity index (χ2n) is 9.65. The van der Waals surface area contributed by atoms with Crippen LogP contribution in [0.15, 0.2) is 23.3 Å². The summed E-state index contributed by atoms with van der Waals surface area (Å²) in [6.07, 6.45) is 11.1. The van der Waals surface area contributed by atoms with Gasteiger partial charge in [0.2, 0.25) is 0 Å². The zero-order valence-corrected chi connectivity index (χ0v) is 19.1. The quantitative estimate of drug-likeness (QED) is 0.481. The average Bonchev–Trinajstić information content (AvgIpc) is 3.52. The Morgan fingerprint density at radius 3 is 2.74 bits per heavy atom. The van der Waals surface area contributed by atoms with Gasteiger partial charge in [0.1, 0.15) is 18.3 Å². The van der Waals surface area contributed by atoms with E-state index in [1.54, 1.807) is 7.11 Å². The van der Waals surface area contributed by atoms with Gasteiger partial charge in [0.25, 0.3) is 0 Å². The average molecular weight is 428 g/mol. The maximum Gasteiger partial charge on any atom is 0.149 e. The Hall–Kier alpha value is -2.19. The molecule has 1 aromatic heterocycles. The summed E-state index contributed by atoms with van der Waals surface area (Å²) in [5.74, 6) is 1.79. The van der Waals surface area contributed by atoms with Gasteiger partial charge in [0.05, 0.1) is 12.8 Å². The molecule has 4 rings (SSSR count). The minimum atomic E-state index is 0.402. The maximum absolute atomic E-state index is 5.24. The fourth-order valence-electron chi connectivity index (χ4n) is 4.32. The van der Waals surface area contributed by atoms with Crippen molar-refractivity contribution in [1.29, 1.82) is 0 Å². The fraction of sp³-hybridized carbons (Fsp3) is 0.696. The first-order valence-electron chi connectivity index (χ1n) is 11.6. The highest BCUT2D eigenvalue weighted by molar-refractivity contribution is 6.00. The highest BCUT2D eigenvalue weighted by Gasteiger charge is 2.36. The van der Waals surface area contributed by atoms with Crippen molar-refractivity contribution < 1.29 is 4.74 Å². The monoisotopic (exact) mass is 427 g/mol. The molecule has 2 fully saturated rings. The molecule has 170 valence electrons. The molecular weight excluding hydrogens is 390 g/mol. The van der Waals surface area contributed by atoms with Crippen molar-refractivity contribution in [2.24, 2.45) is 10.4 Å². The summed E-state index contributed by atoms with van der Waals surface area (Å²) in [6.45, 7) is 6.78. The topological polar surface area (TPSA) is 95.5 Å². The van der Waals surface area contributed by atoms with Crippen molar-refractivity contribution in [2.45, 2.75) is 70.5 Å². The molecule has 0 saturated heterocycles. The van der Waals surface area contributed by atoms with Crippen LogP contribution in [0.5, 0.6) is 0 Å². The number of aliphatic imine (C=N–C) groups is 1. The molecule has 31 heavy (non-hydrogen) atoms.